The van der Waals surface area contributed by atoms with Crippen LogP contribution in [0.1, 0.15) is 12.0 Å². The number of anilines is 2. The molecule has 27 heavy (non-hydrogen) atoms. The third-order valence-corrected chi connectivity index (χ3v) is 4.90. The number of hydrogen-bond acceptors (Lipinski definition) is 8. The van der Waals surface area contributed by atoms with Crippen LogP contribution in [0.4, 0.5) is 11.8 Å². The average molecular weight is 371 g/mol. The van der Waals surface area contributed by atoms with Gasteiger partial charge in [0.1, 0.15) is 11.6 Å². The number of methoxy groups -OCH3 is 1. The van der Waals surface area contributed by atoms with Crippen LogP contribution in [0.15, 0.2) is 24.4 Å². The fourth-order valence-corrected chi connectivity index (χ4v) is 3.46. The van der Waals surface area contributed by atoms with Crippen molar-refractivity contribution < 1.29 is 14.2 Å². The maximum atomic E-state index is 5.83. The molecular weight excluding hydrogens is 346 g/mol. The van der Waals surface area contributed by atoms with Gasteiger partial charge in [0, 0.05) is 57.0 Å². The first kappa shape index (κ1) is 17.7. The summed E-state index contributed by atoms with van der Waals surface area (Å²) in [6.45, 7) is 5.81. The molecule has 0 atom stereocenters. The maximum Gasteiger partial charge on any atom is 0.221 e. The molecule has 0 radical (unpaired) electrons. The van der Waals surface area contributed by atoms with Crippen LogP contribution in [0.5, 0.6) is 17.2 Å². The number of nitrogen functional groups attached to an aromatic ring is 1. The van der Waals surface area contributed by atoms with Gasteiger partial charge in [-0.15, -0.1) is 0 Å². The van der Waals surface area contributed by atoms with Crippen LogP contribution >= 0.6 is 0 Å². The van der Waals surface area contributed by atoms with Crippen molar-refractivity contribution in [2.75, 3.05) is 57.1 Å². The zero-order valence-corrected chi connectivity index (χ0v) is 15.6. The second-order valence-corrected chi connectivity index (χ2v) is 6.70. The van der Waals surface area contributed by atoms with E-state index in [0.717, 1.165) is 67.8 Å². The van der Waals surface area contributed by atoms with Crippen LogP contribution in [-0.4, -0.2) is 61.4 Å². The van der Waals surface area contributed by atoms with Gasteiger partial charge in [0.15, 0.2) is 11.5 Å². The van der Waals surface area contributed by atoms with Crippen LogP contribution in [0.25, 0.3) is 0 Å². The summed E-state index contributed by atoms with van der Waals surface area (Å²) in [4.78, 5) is 12.9. The van der Waals surface area contributed by atoms with Gasteiger partial charge in [0.05, 0.1) is 20.3 Å². The molecule has 2 aliphatic rings. The summed E-state index contributed by atoms with van der Waals surface area (Å²) in [5.74, 6) is 3.60. The lowest BCUT2D eigenvalue weighted by atomic mass is 10.1. The number of piperazine rings is 1. The highest BCUT2D eigenvalue weighted by Gasteiger charge is 2.21. The van der Waals surface area contributed by atoms with Crippen molar-refractivity contribution in [3.05, 3.63) is 30.0 Å². The van der Waals surface area contributed by atoms with E-state index < -0.39 is 0 Å². The molecule has 0 aliphatic carbocycles. The number of hydrogen-bond donors (Lipinski definition) is 1. The molecule has 2 aromatic rings. The predicted octanol–water partition coefficient (Wildman–Crippen LogP) is 1.55. The van der Waals surface area contributed by atoms with Crippen LogP contribution in [0.2, 0.25) is 0 Å². The lowest BCUT2D eigenvalue weighted by Gasteiger charge is -2.35. The highest BCUT2D eigenvalue weighted by Crippen LogP contribution is 2.37. The number of benzene rings is 1. The number of aromatic nitrogens is 2. The molecule has 0 spiro atoms. The van der Waals surface area contributed by atoms with Crippen molar-refractivity contribution >= 4 is 11.8 Å². The minimum absolute atomic E-state index is 0.312. The molecule has 144 valence electrons. The Hall–Kier alpha value is -2.74. The predicted molar refractivity (Wildman–Crippen MR) is 103 cm³/mol. The van der Waals surface area contributed by atoms with Crippen molar-refractivity contribution in [1.29, 1.82) is 0 Å². The molecule has 1 aromatic heterocycles. The summed E-state index contributed by atoms with van der Waals surface area (Å²) in [6.07, 6.45) is 2.59. The Morgan fingerprint density at radius 3 is 2.56 bits per heavy atom. The smallest absolute Gasteiger partial charge is 0.221 e. The highest BCUT2D eigenvalue weighted by atomic mass is 16.5. The second kappa shape index (κ2) is 7.87. The Bertz CT molecular complexity index is 793. The number of nitrogens with two attached hydrogens (primary N) is 1. The molecule has 0 unspecified atom stereocenters. The van der Waals surface area contributed by atoms with Crippen molar-refractivity contribution in [2.45, 2.75) is 13.0 Å². The first-order valence-electron chi connectivity index (χ1n) is 9.25. The summed E-state index contributed by atoms with van der Waals surface area (Å²) in [6, 6.07) is 5.89. The Morgan fingerprint density at radius 1 is 1.11 bits per heavy atom. The SMILES string of the molecule is COc1cc2c(cc1CN1CCN(c3ccnc(N)n3)CC1)OCCCO2. The summed E-state index contributed by atoms with van der Waals surface area (Å²) in [5, 5.41) is 0. The minimum Gasteiger partial charge on any atom is -0.496 e. The van der Waals surface area contributed by atoms with E-state index in [1.165, 1.54) is 0 Å². The minimum atomic E-state index is 0.312. The Balaban J connectivity index is 1.43. The van der Waals surface area contributed by atoms with Gasteiger partial charge in [-0.2, -0.15) is 4.98 Å². The normalized spacial score (nSPS) is 17.4. The van der Waals surface area contributed by atoms with E-state index in [-0.39, 0.29) is 0 Å². The van der Waals surface area contributed by atoms with Gasteiger partial charge in [-0.05, 0) is 12.1 Å². The van der Waals surface area contributed by atoms with E-state index in [1.807, 2.05) is 12.1 Å². The molecule has 2 N–H and O–H groups in total. The summed E-state index contributed by atoms with van der Waals surface area (Å²) in [7, 11) is 1.69. The lowest BCUT2D eigenvalue weighted by molar-refractivity contribution is 0.244. The summed E-state index contributed by atoms with van der Waals surface area (Å²) in [5.41, 5.74) is 6.81. The zero-order valence-electron chi connectivity index (χ0n) is 15.6. The fraction of sp³-hybridized carbons (Fsp3) is 0.474. The molecular formula is C19H25N5O3. The third-order valence-electron chi connectivity index (χ3n) is 4.90. The van der Waals surface area contributed by atoms with Crippen LogP contribution in [-0.2, 0) is 6.54 Å². The monoisotopic (exact) mass is 371 g/mol. The second-order valence-electron chi connectivity index (χ2n) is 6.70. The highest BCUT2D eigenvalue weighted by molar-refractivity contribution is 5.51. The zero-order chi connectivity index (χ0) is 18.6. The van der Waals surface area contributed by atoms with Gasteiger partial charge in [-0.25, -0.2) is 4.98 Å². The fourth-order valence-electron chi connectivity index (χ4n) is 3.46. The molecule has 2 aliphatic heterocycles. The van der Waals surface area contributed by atoms with E-state index in [2.05, 4.69) is 25.8 Å². The molecule has 8 nitrogen and oxygen atoms in total. The third kappa shape index (κ3) is 4.00. The van der Waals surface area contributed by atoms with E-state index in [0.29, 0.717) is 19.2 Å². The van der Waals surface area contributed by atoms with Gasteiger partial charge in [-0.1, -0.05) is 0 Å². The lowest BCUT2D eigenvalue weighted by Crippen LogP contribution is -2.46. The van der Waals surface area contributed by atoms with Crippen molar-refractivity contribution in [1.82, 2.24) is 14.9 Å². The quantitative estimate of drug-likeness (QED) is 0.866. The van der Waals surface area contributed by atoms with Crippen LogP contribution in [0, 0.1) is 0 Å². The number of rotatable bonds is 4. The van der Waals surface area contributed by atoms with Crippen molar-refractivity contribution in [3.8, 4) is 17.2 Å². The molecule has 4 rings (SSSR count). The maximum absolute atomic E-state index is 5.83. The van der Waals surface area contributed by atoms with Gasteiger partial charge in [-0.3, -0.25) is 4.90 Å². The van der Waals surface area contributed by atoms with Gasteiger partial charge in [0.25, 0.3) is 0 Å². The Kier molecular flexibility index (Phi) is 5.15. The first-order chi connectivity index (χ1) is 13.2. The molecule has 3 heterocycles. The summed E-state index contributed by atoms with van der Waals surface area (Å²) < 4.78 is 17.2. The molecule has 1 saturated heterocycles. The molecule has 0 bridgehead atoms. The topological polar surface area (TPSA) is 86.0 Å². The van der Waals surface area contributed by atoms with Gasteiger partial charge >= 0.3 is 0 Å². The van der Waals surface area contributed by atoms with Crippen LogP contribution < -0.4 is 24.8 Å². The van der Waals surface area contributed by atoms with Gasteiger partial charge in [0.2, 0.25) is 5.95 Å². The average Bonchev–Trinajstić information content (AvgIpc) is 2.93. The Labute approximate surface area is 158 Å². The molecule has 0 saturated carbocycles. The number of ether oxygens (including phenoxy) is 3. The first-order valence-corrected chi connectivity index (χ1v) is 9.25. The van der Waals surface area contributed by atoms with Crippen molar-refractivity contribution in [2.24, 2.45) is 0 Å². The standard InChI is InChI=1S/C19H25N5O3/c1-25-15-12-17-16(26-9-2-10-27-17)11-14(15)13-23-5-7-24(8-6-23)18-3-4-21-19(20)22-18/h3-4,11-12H,2,5-10,13H2,1H3,(H2,20,21,22). The Morgan fingerprint density at radius 2 is 1.85 bits per heavy atom. The largest absolute Gasteiger partial charge is 0.496 e. The van der Waals surface area contributed by atoms with E-state index in [1.54, 1.807) is 13.3 Å². The molecule has 1 fully saturated rings. The van der Waals surface area contributed by atoms with Crippen LogP contribution in [0.3, 0.4) is 0 Å². The molecule has 8 heteroatoms. The molecule has 1 aromatic carbocycles. The molecule has 0 amide bonds. The van der Waals surface area contributed by atoms with Gasteiger partial charge < -0.3 is 24.8 Å². The van der Waals surface area contributed by atoms with E-state index >= 15 is 0 Å². The number of fused-ring (bicyclic) bond motifs is 1. The van der Waals surface area contributed by atoms with Crippen molar-refractivity contribution in [3.63, 3.8) is 0 Å². The number of nitrogens with zero attached hydrogens (tertiary/aromatic N) is 4. The van der Waals surface area contributed by atoms with E-state index in [9.17, 15) is 0 Å². The summed E-state index contributed by atoms with van der Waals surface area (Å²) >= 11 is 0. The van der Waals surface area contributed by atoms with E-state index in [4.69, 9.17) is 19.9 Å².